The van der Waals surface area contributed by atoms with Gasteiger partial charge in [0, 0.05) is 11.8 Å². The summed E-state index contributed by atoms with van der Waals surface area (Å²) >= 11 is 0. The Balaban J connectivity index is 1.95. The Morgan fingerprint density at radius 1 is 0.500 bits per heavy atom. The summed E-state index contributed by atoms with van der Waals surface area (Å²) in [6.07, 6.45) is 1.82. The normalized spacial score (nSPS) is 10.2. The Labute approximate surface area is 107 Å². The summed E-state index contributed by atoms with van der Waals surface area (Å²) in [5, 5.41) is 0. The van der Waals surface area contributed by atoms with Crippen LogP contribution in [0.3, 0.4) is 0 Å². The summed E-state index contributed by atoms with van der Waals surface area (Å²) < 4.78 is 0. The van der Waals surface area contributed by atoms with Crippen molar-refractivity contribution in [3.05, 3.63) is 79.0 Å². The highest BCUT2D eigenvalue weighted by atomic mass is 14.7. The van der Waals surface area contributed by atoms with Crippen molar-refractivity contribution >= 4 is 0 Å². The zero-order chi connectivity index (χ0) is 12.2. The molecule has 0 unspecified atom stereocenters. The number of hydrogen-bond acceptors (Lipinski definition) is 1. The first-order valence-electron chi connectivity index (χ1n) is 6.00. The van der Waals surface area contributed by atoms with Gasteiger partial charge >= 0.3 is 0 Å². The minimum atomic E-state index is 1.01. The summed E-state index contributed by atoms with van der Waals surface area (Å²) in [6, 6.07) is 24.9. The minimum absolute atomic E-state index is 1.01. The van der Waals surface area contributed by atoms with Gasteiger partial charge in [-0.2, -0.15) is 0 Å². The van der Waals surface area contributed by atoms with Gasteiger partial charge in [0.05, 0.1) is 5.69 Å². The Morgan fingerprint density at radius 3 is 1.78 bits per heavy atom. The zero-order valence-corrected chi connectivity index (χ0v) is 9.95. The van der Waals surface area contributed by atoms with Crippen LogP contribution in [0.1, 0.15) is 0 Å². The Bertz CT molecular complexity index is 554. The molecule has 0 N–H and O–H groups in total. The second kappa shape index (κ2) is 4.84. The molecule has 1 heterocycles. The van der Waals surface area contributed by atoms with Crippen LogP contribution in [0.5, 0.6) is 0 Å². The van der Waals surface area contributed by atoms with E-state index < -0.39 is 0 Å². The molecule has 0 saturated heterocycles. The first kappa shape index (κ1) is 10.7. The summed E-state index contributed by atoms with van der Waals surface area (Å²) in [6.45, 7) is 0. The SMILES string of the molecule is c1ccc(-c2ccc(-c3ccccn3)cc2)cc1. The molecule has 0 bridgehead atoms. The quantitative estimate of drug-likeness (QED) is 0.636. The van der Waals surface area contributed by atoms with Crippen LogP contribution in [-0.2, 0) is 0 Å². The fourth-order valence-corrected chi connectivity index (χ4v) is 2.00. The van der Waals surface area contributed by atoms with E-state index in [1.54, 1.807) is 0 Å². The van der Waals surface area contributed by atoms with Gasteiger partial charge in [0.15, 0.2) is 0 Å². The van der Waals surface area contributed by atoms with Gasteiger partial charge in [-0.25, -0.2) is 0 Å². The third-order valence-electron chi connectivity index (χ3n) is 2.95. The average Bonchev–Trinajstić information content (AvgIpc) is 2.49. The van der Waals surface area contributed by atoms with Gasteiger partial charge in [-0.1, -0.05) is 60.7 Å². The summed E-state index contributed by atoms with van der Waals surface area (Å²) in [7, 11) is 0. The van der Waals surface area contributed by atoms with Crippen molar-refractivity contribution in [2.24, 2.45) is 0 Å². The molecular formula is C17H13N. The largest absolute Gasteiger partial charge is 0.256 e. The molecule has 0 fully saturated rings. The molecule has 0 amide bonds. The lowest BCUT2D eigenvalue weighted by Gasteiger charge is -2.04. The first-order valence-corrected chi connectivity index (χ1v) is 6.00. The molecule has 3 rings (SSSR count). The topological polar surface area (TPSA) is 12.9 Å². The standard InChI is InChI=1S/C17H13N/c1-2-6-14(7-3-1)15-9-11-16(12-10-15)17-8-4-5-13-18-17/h1-13H. The molecule has 0 aliphatic rings. The highest BCUT2D eigenvalue weighted by Crippen LogP contribution is 2.23. The van der Waals surface area contributed by atoms with E-state index in [0.29, 0.717) is 0 Å². The van der Waals surface area contributed by atoms with Crippen LogP contribution in [0.2, 0.25) is 0 Å². The van der Waals surface area contributed by atoms with Gasteiger partial charge in [-0.15, -0.1) is 0 Å². The minimum Gasteiger partial charge on any atom is -0.256 e. The van der Waals surface area contributed by atoms with E-state index in [2.05, 4.69) is 53.5 Å². The van der Waals surface area contributed by atoms with Crippen molar-refractivity contribution in [3.63, 3.8) is 0 Å². The predicted octanol–water partition coefficient (Wildman–Crippen LogP) is 4.42. The van der Waals surface area contributed by atoms with E-state index in [1.807, 2.05) is 30.5 Å². The van der Waals surface area contributed by atoms with Crippen LogP contribution < -0.4 is 0 Å². The molecule has 0 saturated carbocycles. The van der Waals surface area contributed by atoms with Crippen molar-refractivity contribution in [2.45, 2.75) is 0 Å². The molecule has 1 aromatic heterocycles. The van der Waals surface area contributed by atoms with Gasteiger partial charge in [0.2, 0.25) is 0 Å². The van der Waals surface area contributed by atoms with E-state index >= 15 is 0 Å². The third kappa shape index (κ3) is 2.16. The predicted molar refractivity (Wildman–Crippen MR) is 75.1 cm³/mol. The number of aromatic nitrogens is 1. The summed E-state index contributed by atoms with van der Waals surface area (Å²) in [5.41, 5.74) is 4.63. The molecule has 0 atom stereocenters. The van der Waals surface area contributed by atoms with Gasteiger partial charge in [-0.3, -0.25) is 4.98 Å². The van der Waals surface area contributed by atoms with E-state index in [-0.39, 0.29) is 0 Å². The van der Waals surface area contributed by atoms with Gasteiger partial charge in [-0.05, 0) is 23.3 Å². The molecular weight excluding hydrogens is 218 g/mol. The van der Waals surface area contributed by atoms with Crippen LogP contribution in [0, 0.1) is 0 Å². The van der Waals surface area contributed by atoms with Crippen LogP contribution in [-0.4, -0.2) is 4.98 Å². The number of rotatable bonds is 2. The molecule has 1 heteroatoms. The van der Waals surface area contributed by atoms with E-state index in [0.717, 1.165) is 11.3 Å². The van der Waals surface area contributed by atoms with Gasteiger partial charge in [0.25, 0.3) is 0 Å². The number of benzene rings is 2. The molecule has 2 aromatic carbocycles. The van der Waals surface area contributed by atoms with Crippen molar-refractivity contribution in [3.8, 4) is 22.4 Å². The Kier molecular flexibility index (Phi) is 2.89. The molecule has 86 valence electrons. The molecule has 3 aromatic rings. The summed E-state index contributed by atoms with van der Waals surface area (Å²) in [5.74, 6) is 0. The van der Waals surface area contributed by atoms with Crippen LogP contribution in [0.25, 0.3) is 22.4 Å². The molecule has 0 radical (unpaired) electrons. The second-order valence-electron chi connectivity index (χ2n) is 4.16. The van der Waals surface area contributed by atoms with Crippen LogP contribution in [0.4, 0.5) is 0 Å². The number of hydrogen-bond donors (Lipinski definition) is 0. The van der Waals surface area contributed by atoms with Gasteiger partial charge < -0.3 is 0 Å². The lowest BCUT2D eigenvalue weighted by molar-refractivity contribution is 1.33. The lowest BCUT2D eigenvalue weighted by atomic mass is 10.0. The Morgan fingerprint density at radius 2 is 1.11 bits per heavy atom. The first-order chi connectivity index (χ1) is 8.93. The number of nitrogens with zero attached hydrogens (tertiary/aromatic N) is 1. The Hall–Kier alpha value is -2.41. The highest BCUT2D eigenvalue weighted by Gasteiger charge is 1.99. The molecule has 18 heavy (non-hydrogen) atoms. The van der Waals surface area contributed by atoms with E-state index in [1.165, 1.54) is 11.1 Å². The smallest absolute Gasteiger partial charge is 0.0701 e. The van der Waals surface area contributed by atoms with Gasteiger partial charge in [0.1, 0.15) is 0 Å². The molecule has 1 nitrogen and oxygen atoms in total. The third-order valence-corrected chi connectivity index (χ3v) is 2.95. The van der Waals surface area contributed by atoms with E-state index in [4.69, 9.17) is 0 Å². The monoisotopic (exact) mass is 231 g/mol. The maximum absolute atomic E-state index is 4.35. The van der Waals surface area contributed by atoms with Crippen molar-refractivity contribution in [1.82, 2.24) is 4.98 Å². The second-order valence-corrected chi connectivity index (χ2v) is 4.16. The maximum Gasteiger partial charge on any atom is 0.0701 e. The number of pyridine rings is 1. The van der Waals surface area contributed by atoms with Crippen LogP contribution in [0.15, 0.2) is 79.0 Å². The molecule has 0 spiro atoms. The highest BCUT2D eigenvalue weighted by molar-refractivity contribution is 5.68. The van der Waals surface area contributed by atoms with E-state index in [9.17, 15) is 0 Å². The van der Waals surface area contributed by atoms with Crippen LogP contribution >= 0.6 is 0 Å². The lowest BCUT2D eigenvalue weighted by Crippen LogP contribution is -1.82. The van der Waals surface area contributed by atoms with Crippen molar-refractivity contribution in [2.75, 3.05) is 0 Å². The van der Waals surface area contributed by atoms with Crippen molar-refractivity contribution < 1.29 is 0 Å². The zero-order valence-electron chi connectivity index (χ0n) is 9.95. The fraction of sp³-hybridized carbons (Fsp3) is 0. The fourth-order valence-electron chi connectivity index (χ4n) is 2.00. The van der Waals surface area contributed by atoms with Crippen molar-refractivity contribution in [1.29, 1.82) is 0 Å². The average molecular weight is 231 g/mol. The molecule has 0 aliphatic heterocycles. The molecule has 0 aliphatic carbocycles. The summed E-state index contributed by atoms with van der Waals surface area (Å²) in [4.78, 5) is 4.35. The maximum atomic E-state index is 4.35.